The first-order valence-electron chi connectivity index (χ1n) is 5.70. The minimum atomic E-state index is 0.687. The lowest BCUT2D eigenvalue weighted by atomic mass is 10.1. The van der Waals surface area contributed by atoms with Crippen LogP contribution in [-0.4, -0.2) is 45.7 Å². The SMILES string of the molecule is CN1CCC=C(c2nsnc2OCCCBr)C1. The molecule has 0 radical (unpaired) electrons. The highest BCUT2D eigenvalue weighted by molar-refractivity contribution is 9.09. The predicted molar refractivity (Wildman–Crippen MR) is 73.9 cm³/mol. The first kappa shape index (κ1) is 13.0. The van der Waals surface area contributed by atoms with E-state index in [1.807, 2.05) is 0 Å². The van der Waals surface area contributed by atoms with Crippen LogP contribution in [0.4, 0.5) is 0 Å². The van der Waals surface area contributed by atoms with Gasteiger partial charge < -0.3 is 9.64 Å². The highest BCUT2D eigenvalue weighted by atomic mass is 79.9. The third-order valence-electron chi connectivity index (χ3n) is 2.62. The van der Waals surface area contributed by atoms with Gasteiger partial charge in [-0.05, 0) is 25.5 Å². The van der Waals surface area contributed by atoms with Gasteiger partial charge in [0.15, 0.2) is 0 Å². The molecule has 4 nitrogen and oxygen atoms in total. The Hall–Kier alpha value is -0.460. The maximum atomic E-state index is 5.65. The molecule has 1 aromatic heterocycles. The lowest BCUT2D eigenvalue weighted by Crippen LogP contribution is -2.25. The molecule has 0 bridgehead atoms. The van der Waals surface area contributed by atoms with Crippen LogP contribution in [0.1, 0.15) is 18.5 Å². The molecule has 0 unspecified atom stereocenters. The van der Waals surface area contributed by atoms with Gasteiger partial charge in [0.1, 0.15) is 5.69 Å². The van der Waals surface area contributed by atoms with Gasteiger partial charge in [0.25, 0.3) is 5.88 Å². The van der Waals surface area contributed by atoms with Crippen LogP contribution in [0, 0.1) is 0 Å². The number of hydrogen-bond acceptors (Lipinski definition) is 5. The summed E-state index contributed by atoms with van der Waals surface area (Å²) in [5.41, 5.74) is 2.16. The summed E-state index contributed by atoms with van der Waals surface area (Å²) in [6.07, 6.45) is 4.30. The minimum Gasteiger partial charge on any atom is -0.475 e. The first-order valence-corrected chi connectivity index (χ1v) is 7.55. The van der Waals surface area contributed by atoms with Gasteiger partial charge in [0, 0.05) is 18.4 Å². The van der Waals surface area contributed by atoms with Gasteiger partial charge in [-0.25, -0.2) is 0 Å². The van der Waals surface area contributed by atoms with Gasteiger partial charge in [-0.2, -0.15) is 4.37 Å². The highest BCUT2D eigenvalue weighted by Crippen LogP contribution is 2.26. The van der Waals surface area contributed by atoms with E-state index in [2.05, 4.69) is 42.7 Å². The summed E-state index contributed by atoms with van der Waals surface area (Å²) in [5.74, 6) is 0.692. The Morgan fingerprint density at radius 1 is 1.53 bits per heavy atom. The fraction of sp³-hybridized carbons (Fsp3) is 0.636. The summed E-state index contributed by atoms with van der Waals surface area (Å²) in [4.78, 5) is 2.29. The van der Waals surface area contributed by atoms with E-state index in [1.54, 1.807) is 0 Å². The van der Waals surface area contributed by atoms with E-state index in [-0.39, 0.29) is 0 Å². The van der Waals surface area contributed by atoms with Crippen molar-refractivity contribution in [2.75, 3.05) is 32.1 Å². The summed E-state index contributed by atoms with van der Waals surface area (Å²) < 4.78 is 14.2. The minimum absolute atomic E-state index is 0.687. The molecular formula is C11H16BrN3OS. The molecule has 2 rings (SSSR count). The van der Waals surface area contributed by atoms with E-state index in [4.69, 9.17) is 4.74 Å². The molecule has 1 aliphatic rings. The summed E-state index contributed by atoms with van der Waals surface area (Å²) in [5, 5.41) is 0.950. The van der Waals surface area contributed by atoms with E-state index >= 15 is 0 Å². The lowest BCUT2D eigenvalue weighted by molar-refractivity contribution is 0.307. The molecule has 0 aromatic carbocycles. The van der Waals surface area contributed by atoms with E-state index in [0.29, 0.717) is 12.5 Å². The highest BCUT2D eigenvalue weighted by Gasteiger charge is 2.18. The molecule has 0 amide bonds. The molecule has 0 aliphatic carbocycles. The Morgan fingerprint density at radius 2 is 2.41 bits per heavy atom. The Bertz CT molecular complexity index is 394. The van der Waals surface area contributed by atoms with Crippen molar-refractivity contribution in [2.45, 2.75) is 12.8 Å². The molecule has 0 saturated carbocycles. The van der Waals surface area contributed by atoms with Crippen LogP contribution in [-0.2, 0) is 0 Å². The van der Waals surface area contributed by atoms with Crippen molar-refractivity contribution in [3.8, 4) is 5.88 Å². The fourth-order valence-corrected chi connectivity index (χ4v) is 2.52. The van der Waals surface area contributed by atoms with Crippen molar-refractivity contribution < 1.29 is 4.74 Å². The number of halogens is 1. The second-order valence-corrected chi connectivity index (χ2v) is 5.39. The maximum Gasteiger partial charge on any atom is 0.253 e. The quantitative estimate of drug-likeness (QED) is 0.617. The number of aromatic nitrogens is 2. The summed E-state index contributed by atoms with van der Waals surface area (Å²) in [6, 6.07) is 0. The normalized spacial score (nSPS) is 16.9. The number of hydrogen-bond donors (Lipinski definition) is 0. The third-order valence-corrected chi connectivity index (χ3v) is 3.69. The predicted octanol–water partition coefficient (Wildman–Crippen LogP) is 2.42. The molecule has 1 aromatic rings. The summed E-state index contributed by atoms with van der Waals surface area (Å²) in [6.45, 7) is 2.73. The molecule has 2 heterocycles. The van der Waals surface area contributed by atoms with Crippen molar-refractivity contribution in [1.29, 1.82) is 0 Å². The number of alkyl halides is 1. The Kier molecular flexibility index (Phi) is 4.94. The average Bonchev–Trinajstić information content (AvgIpc) is 2.78. The summed E-state index contributed by atoms with van der Waals surface area (Å²) in [7, 11) is 2.12. The topological polar surface area (TPSA) is 38.2 Å². The van der Waals surface area contributed by atoms with Gasteiger partial charge in [0.2, 0.25) is 0 Å². The molecule has 0 fully saturated rings. The third kappa shape index (κ3) is 3.50. The van der Waals surface area contributed by atoms with Gasteiger partial charge in [-0.1, -0.05) is 22.0 Å². The summed E-state index contributed by atoms with van der Waals surface area (Å²) >= 11 is 4.61. The van der Waals surface area contributed by atoms with Crippen molar-refractivity contribution in [2.24, 2.45) is 0 Å². The second kappa shape index (κ2) is 6.47. The molecule has 0 atom stereocenters. The van der Waals surface area contributed by atoms with Crippen LogP contribution >= 0.6 is 27.7 Å². The molecule has 0 spiro atoms. The van der Waals surface area contributed by atoms with E-state index < -0.39 is 0 Å². The number of nitrogens with zero attached hydrogens (tertiary/aromatic N) is 3. The zero-order valence-electron chi connectivity index (χ0n) is 9.86. The Balaban J connectivity index is 2.05. The van der Waals surface area contributed by atoms with Gasteiger partial charge >= 0.3 is 0 Å². The standard InChI is InChI=1S/C11H16BrN3OS/c1-15-6-2-4-9(8-15)10-11(14-17-13-10)16-7-3-5-12/h4H,2-3,5-8H2,1H3. The molecule has 0 N–H and O–H groups in total. The van der Waals surface area contributed by atoms with Crippen LogP contribution in [0.2, 0.25) is 0 Å². The average molecular weight is 318 g/mol. The van der Waals surface area contributed by atoms with Gasteiger partial charge in [-0.15, -0.1) is 4.37 Å². The molecule has 17 heavy (non-hydrogen) atoms. The fourth-order valence-electron chi connectivity index (χ4n) is 1.76. The zero-order valence-corrected chi connectivity index (χ0v) is 12.3. The van der Waals surface area contributed by atoms with Crippen molar-refractivity contribution in [3.05, 3.63) is 11.8 Å². The molecule has 94 valence electrons. The maximum absolute atomic E-state index is 5.65. The smallest absolute Gasteiger partial charge is 0.253 e. The number of likely N-dealkylation sites (N-methyl/N-ethyl adjacent to an activating group) is 1. The van der Waals surface area contributed by atoms with Crippen LogP contribution < -0.4 is 4.74 Å². The van der Waals surface area contributed by atoms with Crippen LogP contribution in [0.15, 0.2) is 6.08 Å². The molecule has 6 heteroatoms. The monoisotopic (exact) mass is 317 g/mol. The molecule has 1 aliphatic heterocycles. The van der Waals surface area contributed by atoms with Crippen LogP contribution in [0.3, 0.4) is 0 Å². The van der Waals surface area contributed by atoms with Gasteiger partial charge in [-0.3, -0.25) is 0 Å². The van der Waals surface area contributed by atoms with Crippen LogP contribution in [0.5, 0.6) is 5.88 Å². The Morgan fingerprint density at radius 3 is 3.18 bits per heavy atom. The van der Waals surface area contributed by atoms with Crippen LogP contribution in [0.25, 0.3) is 5.57 Å². The number of ether oxygens (including phenoxy) is 1. The Labute approximate surface area is 114 Å². The molecule has 0 saturated heterocycles. The van der Waals surface area contributed by atoms with Crippen molar-refractivity contribution in [1.82, 2.24) is 13.6 Å². The van der Waals surface area contributed by atoms with E-state index in [0.717, 1.165) is 37.0 Å². The largest absolute Gasteiger partial charge is 0.475 e. The van der Waals surface area contributed by atoms with Gasteiger partial charge in [0.05, 0.1) is 18.3 Å². The van der Waals surface area contributed by atoms with E-state index in [9.17, 15) is 0 Å². The zero-order chi connectivity index (χ0) is 12.1. The molecular weight excluding hydrogens is 302 g/mol. The number of rotatable bonds is 5. The van der Waals surface area contributed by atoms with Crippen molar-refractivity contribution >= 4 is 33.2 Å². The van der Waals surface area contributed by atoms with E-state index in [1.165, 1.54) is 17.3 Å². The second-order valence-electron chi connectivity index (χ2n) is 4.06. The first-order chi connectivity index (χ1) is 8.31. The lowest BCUT2D eigenvalue weighted by Gasteiger charge is -2.22. The van der Waals surface area contributed by atoms with Crippen molar-refractivity contribution in [3.63, 3.8) is 0 Å².